The van der Waals surface area contributed by atoms with Crippen LogP contribution in [-0.2, 0) is 11.3 Å². The Morgan fingerprint density at radius 1 is 1.27 bits per heavy atom. The van der Waals surface area contributed by atoms with Crippen molar-refractivity contribution < 1.29 is 9.90 Å². The van der Waals surface area contributed by atoms with Crippen LogP contribution in [-0.4, -0.2) is 50.8 Å². The van der Waals surface area contributed by atoms with Gasteiger partial charge in [-0.2, -0.15) is 0 Å². The summed E-state index contributed by atoms with van der Waals surface area (Å²) >= 11 is 1.57. The molecule has 1 saturated heterocycles. The third kappa shape index (κ3) is 5.41. The number of anilines is 1. The number of nitrogens with zero attached hydrogens (tertiary/aromatic N) is 2. The third-order valence-electron chi connectivity index (χ3n) is 5.43. The number of aromatic amines is 1. The molecule has 4 rings (SSSR count). The molecule has 6 nitrogen and oxygen atoms in total. The van der Waals surface area contributed by atoms with Crippen molar-refractivity contribution in [2.45, 2.75) is 37.7 Å². The molecule has 1 atom stereocenters. The molecule has 0 bridgehead atoms. The fourth-order valence-electron chi connectivity index (χ4n) is 3.72. The van der Waals surface area contributed by atoms with Crippen LogP contribution in [0.2, 0.25) is 0 Å². The van der Waals surface area contributed by atoms with Gasteiger partial charge in [-0.1, -0.05) is 24.3 Å². The summed E-state index contributed by atoms with van der Waals surface area (Å²) < 4.78 is 0. The van der Waals surface area contributed by atoms with Gasteiger partial charge in [-0.3, -0.25) is 9.69 Å². The highest BCUT2D eigenvalue weighted by molar-refractivity contribution is 8.00. The van der Waals surface area contributed by atoms with Crippen molar-refractivity contribution in [3.63, 3.8) is 0 Å². The lowest BCUT2D eigenvalue weighted by molar-refractivity contribution is -0.113. The highest BCUT2D eigenvalue weighted by Crippen LogP contribution is 2.27. The van der Waals surface area contributed by atoms with E-state index in [2.05, 4.69) is 33.2 Å². The van der Waals surface area contributed by atoms with Crippen LogP contribution in [0.3, 0.4) is 0 Å². The molecule has 158 valence electrons. The number of aliphatic hydroxyl groups is 1. The number of benzene rings is 2. The van der Waals surface area contributed by atoms with Crippen molar-refractivity contribution in [1.82, 2.24) is 14.9 Å². The van der Waals surface area contributed by atoms with Gasteiger partial charge in [0.15, 0.2) is 0 Å². The molecule has 0 aliphatic carbocycles. The van der Waals surface area contributed by atoms with E-state index < -0.39 is 0 Å². The number of hydrogen-bond donors (Lipinski definition) is 3. The lowest BCUT2D eigenvalue weighted by Crippen LogP contribution is -2.35. The zero-order valence-electron chi connectivity index (χ0n) is 17.2. The molecule has 1 fully saturated rings. The van der Waals surface area contributed by atoms with Gasteiger partial charge in [0.25, 0.3) is 0 Å². The molecule has 1 aliphatic rings. The molecule has 1 unspecified atom stereocenters. The molecule has 1 amide bonds. The lowest BCUT2D eigenvalue weighted by atomic mass is 10.1. The average Bonchev–Trinajstić information content (AvgIpc) is 3.18. The summed E-state index contributed by atoms with van der Waals surface area (Å²) in [5, 5.41) is 12.8. The number of rotatable bonds is 7. The number of fused-ring (bicyclic) bond motifs is 1. The van der Waals surface area contributed by atoms with Gasteiger partial charge in [0, 0.05) is 25.3 Å². The molecule has 1 aliphatic heterocycles. The summed E-state index contributed by atoms with van der Waals surface area (Å²) in [4.78, 5) is 22.8. The summed E-state index contributed by atoms with van der Waals surface area (Å²) in [5.41, 5.74) is 3.97. The molecule has 7 heteroatoms. The van der Waals surface area contributed by atoms with E-state index >= 15 is 0 Å². The number of likely N-dealkylation sites (tertiary alicyclic amines) is 1. The molecule has 1 aromatic heterocycles. The second kappa shape index (κ2) is 9.64. The van der Waals surface area contributed by atoms with Gasteiger partial charge in [-0.25, -0.2) is 4.98 Å². The number of aromatic nitrogens is 2. The maximum Gasteiger partial charge on any atom is 0.234 e. The Hall–Kier alpha value is -2.35. The van der Waals surface area contributed by atoms with E-state index in [9.17, 15) is 9.90 Å². The number of carbonyl (C=O) groups is 1. The van der Waals surface area contributed by atoms with E-state index in [0.29, 0.717) is 5.75 Å². The second-order valence-corrected chi connectivity index (χ2v) is 9.18. The van der Waals surface area contributed by atoms with E-state index in [1.807, 2.05) is 42.5 Å². The Balaban J connectivity index is 1.28. The number of hydrogen-bond acceptors (Lipinski definition) is 5. The maximum absolute atomic E-state index is 12.5. The van der Waals surface area contributed by atoms with Gasteiger partial charge < -0.3 is 15.4 Å². The van der Waals surface area contributed by atoms with Crippen LogP contribution < -0.4 is 5.32 Å². The largest absolute Gasteiger partial charge is 0.393 e. The normalized spacial score (nSPS) is 16.6. The number of imidazole rings is 1. The fourth-order valence-corrected chi connectivity index (χ4v) is 4.47. The van der Waals surface area contributed by atoms with E-state index in [0.717, 1.165) is 55.0 Å². The van der Waals surface area contributed by atoms with Crippen LogP contribution in [0.5, 0.6) is 0 Å². The van der Waals surface area contributed by atoms with Crippen LogP contribution in [0.25, 0.3) is 11.0 Å². The Morgan fingerprint density at radius 3 is 2.87 bits per heavy atom. The number of nitrogens with one attached hydrogen (secondary N) is 2. The molecule has 3 N–H and O–H groups in total. The van der Waals surface area contributed by atoms with E-state index in [1.165, 1.54) is 5.56 Å². The van der Waals surface area contributed by atoms with Crippen LogP contribution in [0.15, 0.2) is 48.5 Å². The zero-order valence-corrected chi connectivity index (χ0v) is 18.0. The Kier molecular flexibility index (Phi) is 6.72. The Labute approximate surface area is 181 Å². The number of thioether (sulfide) groups is 1. The van der Waals surface area contributed by atoms with Crippen LogP contribution in [0.1, 0.15) is 36.4 Å². The summed E-state index contributed by atoms with van der Waals surface area (Å²) in [7, 11) is 0. The van der Waals surface area contributed by atoms with Gasteiger partial charge in [-0.15, -0.1) is 11.8 Å². The predicted molar refractivity (Wildman–Crippen MR) is 123 cm³/mol. The van der Waals surface area contributed by atoms with Crippen molar-refractivity contribution in [2.75, 3.05) is 24.2 Å². The van der Waals surface area contributed by atoms with Crippen molar-refractivity contribution in [3.8, 4) is 0 Å². The van der Waals surface area contributed by atoms with Gasteiger partial charge in [-0.05, 0) is 49.6 Å². The van der Waals surface area contributed by atoms with Crippen LogP contribution >= 0.6 is 11.8 Å². The first-order valence-corrected chi connectivity index (χ1v) is 11.5. The summed E-state index contributed by atoms with van der Waals surface area (Å²) in [6, 6.07) is 16.0. The molecule has 0 spiro atoms. The predicted octanol–water partition coefficient (Wildman–Crippen LogP) is 3.95. The summed E-state index contributed by atoms with van der Waals surface area (Å²) in [5.74, 6) is 1.25. The van der Waals surface area contributed by atoms with E-state index in [-0.39, 0.29) is 17.3 Å². The molecule has 2 heterocycles. The first-order chi connectivity index (χ1) is 14.6. The Bertz CT molecular complexity index is 965. The summed E-state index contributed by atoms with van der Waals surface area (Å²) in [6.45, 7) is 4.72. The third-order valence-corrected chi connectivity index (χ3v) is 6.58. The number of H-pyrrole nitrogens is 1. The lowest BCUT2D eigenvalue weighted by Gasteiger charge is -2.29. The molecule has 0 saturated carbocycles. The number of piperidine rings is 1. The molecule has 0 radical (unpaired) electrons. The molecular formula is C23H28N4O2S. The average molecular weight is 425 g/mol. The molecule has 30 heavy (non-hydrogen) atoms. The van der Waals surface area contributed by atoms with Crippen molar-refractivity contribution >= 4 is 34.4 Å². The van der Waals surface area contributed by atoms with Gasteiger partial charge in [0.1, 0.15) is 5.82 Å². The van der Waals surface area contributed by atoms with Crippen LogP contribution in [0, 0.1) is 0 Å². The minimum atomic E-state index is -0.161. The van der Waals surface area contributed by atoms with E-state index in [4.69, 9.17) is 0 Å². The first kappa shape index (κ1) is 20.9. The number of amides is 1. The Morgan fingerprint density at radius 2 is 2.07 bits per heavy atom. The number of para-hydroxylation sites is 2. The highest BCUT2D eigenvalue weighted by atomic mass is 32.2. The molecule has 3 aromatic rings. The van der Waals surface area contributed by atoms with E-state index in [1.54, 1.807) is 11.8 Å². The SMILES string of the molecule is CC(SCC(=O)Nc1cccc(CN2CCC(O)CC2)c1)c1nc2ccccc2[nH]1. The van der Waals surface area contributed by atoms with Crippen LogP contribution in [0.4, 0.5) is 5.69 Å². The quantitative estimate of drug-likeness (QED) is 0.535. The highest BCUT2D eigenvalue weighted by Gasteiger charge is 2.17. The van der Waals surface area contributed by atoms with Crippen molar-refractivity contribution in [3.05, 3.63) is 59.9 Å². The minimum absolute atomic E-state index is 0.0128. The fraction of sp³-hybridized carbons (Fsp3) is 0.391. The number of aliphatic hydroxyl groups excluding tert-OH is 1. The number of carbonyl (C=O) groups excluding carboxylic acids is 1. The second-order valence-electron chi connectivity index (χ2n) is 7.85. The topological polar surface area (TPSA) is 81.2 Å². The minimum Gasteiger partial charge on any atom is -0.393 e. The standard InChI is InChI=1S/C23H28N4O2S/c1-16(23-25-20-7-2-3-8-21(20)26-23)30-15-22(29)24-18-6-4-5-17(13-18)14-27-11-9-19(28)10-12-27/h2-8,13,16,19,28H,9-12,14-15H2,1H3,(H,24,29)(H,25,26). The summed E-state index contributed by atoms with van der Waals surface area (Å²) in [6.07, 6.45) is 1.50. The molecule has 2 aromatic carbocycles. The zero-order chi connectivity index (χ0) is 20.9. The monoisotopic (exact) mass is 424 g/mol. The van der Waals surface area contributed by atoms with Gasteiger partial charge in [0.2, 0.25) is 5.91 Å². The smallest absolute Gasteiger partial charge is 0.234 e. The van der Waals surface area contributed by atoms with Crippen molar-refractivity contribution in [2.24, 2.45) is 0 Å². The van der Waals surface area contributed by atoms with Crippen molar-refractivity contribution in [1.29, 1.82) is 0 Å². The maximum atomic E-state index is 12.5. The first-order valence-electron chi connectivity index (χ1n) is 10.4. The van der Waals surface area contributed by atoms with Gasteiger partial charge in [0.05, 0.1) is 28.1 Å². The van der Waals surface area contributed by atoms with Gasteiger partial charge >= 0.3 is 0 Å². The molecular weight excluding hydrogens is 396 g/mol.